The maximum absolute atomic E-state index is 8.56. The van der Waals surface area contributed by atoms with Gasteiger partial charge in [0.25, 0.3) is 5.97 Å². The van der Waals surface area contributed by atoms with E-state index >= 15 is 0 Å². The molecular formula is C5H12O6. The van der Waals surface area contributed by atoms with Crippen molar-refractivity contribution in [2.24, 2.45) is 5.41 Å². The summed E-state index contributed by atoms with van der Waals surface area (Å²) in [6.07, 6.45) is 0. The second-order valence-electron chi connectivity index (χ2n) is 2.39. The molecule has 11 heavy (non-hydrogen) atoms. The fourth-order valence-corrected chi connectivity index (χ4v) is 0.468. The first-order chi connectivity index (χ1) is 4.93. The molecule has 6 heteroatoms. The van der Waals surface area contributed by atoms with Crippen molar-refractivity contribution < 1.29 is 30.6 Å². The smallest absolute Gasteiger partial charge is 0.288 e. The zero-order chi connectivity index (χ0) is 9.12. The molecule has 0 aromatic rings. The minimum absolute atomic E-state index is 0.941. The lowest BCUT2D eigenvalue weighted by atomic mass is 9.88. The van der Waals surface area contributed by atoms with E-state index in [2.05, 4.69) is 0 Å². The van der Waals surface area contributed by atoms with Gasteiger partial charge in [-0.2, -0.15) is 0 Å². The molecule has 0 fully saturated rings. The molecule has 0 amide bonds. The molecule has 0 aromatic carbocycles. The van der Waals surface area contributed by atoms with Crippen LogP contribution in [0, 0.1) is 5.41 Å². The summed E-state index contributed by atoms with van der Waals surface area (Å²) in [4.78, 5) is 0. The predicted molar refractivity (Wildman–Crippen MR) is 33.1 cm³/mol. The van der Waals surface area contributed by atoms with Crippen molar-refractivity contribution >= 4 is 0 Å². The van der Waals surface area contributed by atoms with Gasteiger partial charge in [0.2, 0.25) is 0 Å². The minimum Gasteiger partial charge on any atom is -0.395 e. The Morgan fingerprint density at radius 3 is 1.00 bits per heavy atom. The van der Waals surface area contributed by atoms with E-state index in [1.54, 1.807) is 0 Å². The van der Waals surface area contributed by atoms with Crippen molar-refractivity contribution in [3.8, 4) is 0 Å². The van der Waals surface area contributed by atoms with E-state index in [4.69, 9.17) is 30.6 Å². The van der Waals surface area contributed by atoms with Gasteiger partial charge in [0, 0.05) is 0 Å². The lowest BCUT2D eigenvalue weighted by molar-refractivity contribution is -0.389. The predicted octanol–water partition coefficient (Wildman–Crippen LogP) is -3.42. The fourth-order valence-electron chi connectivity index (χ4n) is 0.468. The van der Waals surface area contributed by atoms with Crippen LogP contribution < -0.4 is 0 Å². The number of aliphatic hydroxyl groups excluding tert-OH is 3. The monoisotopic (exact) mass is 168 g/mol. The molecule has 0 aliphatic carbocycles. The standard InChI is InChI=1S/C5H12O6/c6-1-4(2-7,3-8)5(9,10)11/h6-11H,1-3H2. The second kappa shape index (κ2) is 3.44. The lowest BCUT2D eigenvalue weighted by Crippen LogP contribution is -2.55. The van der Waals surface area contributed by atoms with Gasteiger partial charge in [-0.3, -0.25) is 0 Å². The third-order valence-electron chi connectivity index (χ3n) is 1.62. The second-order valence-corrected chi connectivity index (χ2v) is 2.39. The SMILES string of the molecule is OCC(CO)(CO)C(O)(O)O. The van der Waals surface area contributed by atoms with Crippen LogP contribution in [0.5, 0.6) is 0 Å². The van der Waals surface area contributed by atoms with E-state index in [-0.39, 0.29) is 0 Å². The highest BCUT2D eigenvalue weighted by Gasteiger charge is 2.48. The summed E-state index contributed by atoms with van der Waals surface area (Å²) in [6.45, 7) is -2.82. The Hall–Kier alpha value is -0.240. The number of aliphatic hydroxyl groups is 6. The van der Waals surface area contributed by atoms with Crippen LogP contribution in [0.3, 0.4) is 0 Å². The maximum atomic E-state index is 8.56. The first kappa shape index (κ1) is 10.8. The van der Waals surface area contributed by atoms with E-state index in [0.29, 0.717) is 0 Å². The molecule has 68 valence electrons. The third kappa shape index (κ3) is 1.86. The molecule has 0 aromatic heterocycles. The average Bonchev–Trinajstić information content (AvgIpc) is 1.90. The van der Waals surface area contributed by atoms with Crippen molar-refractivity contribution in [2.75, 3.05) is 19.8 Å². The quantitative estimate of drug-likeness (QED) is 0.243. The van der Waals surface area contributed by atoms with Crippen LogP contribution in [0.15, 0.2) is 0 Å². The van der Waals surface area contributed by atoms with Gasteiger partial charge in [-0.1, -0.05) is 0 Å². The van der Waals surface area contributed by atoms with E-state index in [1.165, 1.54) is 0 Å². The summed E-state index contributed by atoms with van der Waals surface area (Å²) >= 11 is 0. The molecule has 0 heterocycles. The van der Waals surface area contributed by atoms with Crippen LogP contribution >= 0.6 is 0 Å². The average molecular weight is 168 g/mol. The molecular weight excluding hydrogens is 156 g/mol. The van der Waals surface area contributed by atoms with Crippen LogP contribution in [0.1, 0.15) is 0 Å². The Morgan fingerprint density at radius 1 is 0.727 bits per heavy atom. The van der Waals surface area contributed by atoms with Gasteiger partial charge in [-0.15, -0.1) is 0 Å². The summed E-state index contributed by atoms with van der Waals surface area (Å²) in [5, 5.41) is 51.2. The van der Waals surface area contributed by atoms with E-state index in [1.807, 2.05) is 0 Å². The topological polar surface area (TPSA) is 121 Å². The van der Waals surface area contributed by atoms with Crippen molar-refractivity contribution in [3.05, 3.63) is 0 Å². The van der Waals surface area contributed by atoms with Gasteiger partial charge in [-0.25, -0.2) is 0 Å². The largest absolute Gasteiger partial charge is 0.395 e. The summed E-state index contributed by atoms with van der Waals surface area (Å²) in [6, 6.07) is 0. The molecule has 0 saturated heterocycles. The summed E-state index contributed by atoms with van der Waals surface area (Å²) in [5.74, 6) is -3.29. The van der Waals surface area contributed by atoms with Gasteiger partial charge in [0.15, 0.2) is 0 Å². The van der Waals surface area contributed by atoms with Crippen molar-refractivity contribution in [3.63, 3.8) is 0 Å². The normalized spacial score (nSPS) is 13.6. The van der Waals surface area contributed by atoms with Crippen LogP contribution in [0.4, 0.5) is 0 Å². The zero-order valence-electron chi connectivity index (χ0n) is 5.80. The van der Waals surface area contributed by atoms with E-state index in [0.717, 1.165) is 0 Å². The summed E-state index contributed by atoms with van der Waals surface area (Å²) in [5.41, 5.74) is -2.10. The van der Waals surface area contributed by atoms with Crippen molar-refractivity contribution in [2.45, 2.75) is 5.97 Å². The molecule has 0 atom stereocenters. The number of rotatable bonds is 4. The number of hydrogen-bond acceptors (Lipinski definition) is 6. The van der Waals surface area contributed by atoms with Crippen LogP contribution in [-0.4, -0.2) is 56.4 Å². The van der Waals surface area contributed by atoms with Crippen molar-refractivity contribution in [1.82, 2.24) is 0 Å². The Labute approximate surface area is 63.0 Å². The Bertz CT molecular complexity index is 104. The van der Waals surface area contributed by atoms with Crippen LogP contribution in [0.25, 0.3) is 0 Å². The first-order valence-electron chi connectivity index (χ1n) is 2.93. The first-order valence-corrected chi connectivity index (χ1v) is 2.93. The zero-order valence-corrected chi connectivity index (χ0v) is 5.80. The van der Waals surface area contributed by atoms with Crippen LogP contribution in [-0.2, 0) is 0 Å². The van der Waals surface area contributed by atoms with Gasteiger partial charge in [0.1, 0.15) is 5.41 Å². The van der Waals surface area contributed by atoms with Crippen LogP contribution in [0.2, 0.25) is 0 Å². The summed E-state index contributed by atoms with van der Waals surface area (Å²) < 4.78 is 0. The highest BCUT2D eigenvalue weighted by molar-refractivity contribution is 4.83. The molecule has 0 aliphatic rings. The molecule has 6 nitrogen and oxygen atoms in total. The minimum atomic E-state index is -3.29. The Morgan fingerprint density at radius 2 is 1.00 bits per heavy atom. The van der Waals surface area contributed by atoms with E-state index in [9.17, 15) is 0 Å². The molecule has 0 aliphatic heterocycles. The van der Waals surface area contributed by atoms with Gasteiger partial charge < -0.3 is 30.6 Å². The summed E-state index contributed by atoms with van der Waals surface area (Å²) in [7, 11) is 0. The fraction of sp³-hybridized carbons (Fsp3) is 1.00. The van der Waals surface area contributed by atoms with Gasteiger partial charge in [-0.05, 0) is 0 Å². The number of hydrogen-bond donors (Lipinski definition) is 6. The Balaban J connectivity index is 4.54. The third-order valence-corrected chi connectivity index (χ3v) is 1.62. The molecule has 0 radical (unpaired) electrons. The molecule has 0 bridgehead atoms. The maximum Gasteiger partial charge on any atom is 0.288 e. The lowest BCUT2D eigenvalue weighted by Gasteiger charge is -2.34. The Kier molecular flexibility index (Phi) is 3.36. The highest BCUT2D eigenvalue weighted by atomic mass is 16.7. The molecule has 0 saturated carbocycles. The molecule has 0 spiro atoms. The van der Waals surface area contributed by atoms with Gasteiger partial charge >= 0.3 is 0 Å². The van der Waals surface area contributed by atoms with Gasteiger partial charge in [0.05, 0.1) is 19.8 Å². The van der Waals surface area contributed by atoms with Crippen molar-refractivity contribution in [1.29, 1.82) is 0 Å². The highest BCUT2D eigenvalue weighted by Crippen LogP contribution is 2.25. The molecule has 0 unspecified atom stereocenters. The molecule has 6 N–H and O–H groups in total. The molecule has 0 rings (SSSR count). The van der Waals surface area contributed by atoms with E-state index < -0.39 is 31.2 Å².